The number of fused-ring (bicyclic) bond motifs is 6. The molecule has 0 fully saturated rings. The molecule has 298 valence electrons. The van der Waals surface area contributed by atoms with Crippen LogP contribution in [-0.4, -0.2) is 0 Å². The molecule has 0 unspecified atom stereocenters. The first-order valence-electron chi connectivity index (χ1n) is 21.5. The fourth-order valence-corrected chi connectivity index (χ4v) is 9.90. The third-order valence-electron chi connectivity index (χ3n) is 12.9. The predicted molar refractivity (Wildman–Crippen MR) is 262 cm³/mol. The Kier molecular flexibility index (Phi) is 7.89. The normalized spacial score (nSPS) is 12.3. The van der Waals surface area contributed by atoms with Gasteiger partial charge in [-0.15, -0.1) is 0 Å². The van der Waals surface area contributed by atoms with Gasteiger partial charge >= 0.3 is 0 Å². The number of rotatable bonds is 6. The second kappa shape index (κ2) is 13.5. The molecular formula is C58H44N2O2. The highest BCUT2D eigenvalue weighted by Crippen LogP contribution is 2.53. The van der Waals surface area contributed by atoms with Crippen LogP contribution >= 0.6 is 0 Å². The van der Waals surface area contributed by atoms with Crippen molar-refractivity contribution in [1.82, 2.24) is 0 Å². The topological polar surface area (TPSA) is 32.8 Å². The Bertz CT molecular complexity index is 3470. The third kappa shape index (κ3) is 5.39. The fraction of sp³-hybridized carbons (Fsp3) is 0.103. The summed E-state index contributed by atoms with van der Waals surface area (Å²) in [5, 5.41) is 11.7. The van der Waals surface area contributed by atoms with Crippen molar-refractivity contribution in [2.45, 2.75) is 40.0 Å². The van der Waals surface area contributed by atoms with E-state index in [2.05, 4.69) is 220 Å². The van der Waals surface area contributed by atoms with Crippen molar-refractivity contribution in [3.8, 4) is 0 Å². The minimum absolute atomic E-state index is 0.0117. The van der Waals surface area contributed by atoms with E-state index in [9.17, 15) is 0 Å². The number of hydrogen-bond acceptors (Lipinski definition) is 4. The summed E-state index contributed by atoms with van der Waals surface area (Å²) in [6.07, 6.45) is 0. The van der Waals surface area contributed by atoms with E-state index in [-0.39, 0.29) is 5.41 Å². The molecule has 0 saturated heterocycles. The van der Waals surface area contributed by atoms with Crippen molar-refractivity contribution in [1.29, 1.82) is 0 Å². The standard InChI is InChI=1S/C58H44N2O2/c1-35-16-12-22-42-44-24-14-26-48(56(44)61-54(35)42)59(40-18-8-6-9-19-40)50-34-51(47-31-29-38-33-39(58(3,4)5)32-37-28-30-46(50)53(47)52(37)38)60(41-20-10-7-11-21-41)49-27-15-25-45-43-23-13-17-36(2)55(43)62-57(45)49/h6-34H,1-5H3. The molecule has 0 radical (unpaired) electrons. The number of para-hydroxylation sites is 6. The molecule has 0 spiro atoms. The minimum Gasteiger partial charge on any atom is -0.454 e. The lowest BCUT2D eigenvalue weighted by atomic mass is 9.83. The van der Waals surface area contributed by atoms with Crippen LogP contribution in [0, 0.1) is 13.8 Å². The van der Waals surface area contributed by atoms with Gasteiger partial charge in [-0.05, 0) is 94.6 Å². The van der Waals surface area contributed by atoms with Crippen LogP contribution in [0.5, 0.6) is 0 Å². The molecule has 0 N–H and O–H groups in total. The van der Waals surface area contributed by atoms with E-state index in [0.29, 0.717) is 0 Å². The van der Waals surface area contributed by atoms with Gasteiger partial charge in [0.25, 0.3) is 0 Å². The third-order valence-corrected chi connectivity index (χ3v) is 12.9. The van der Waals surface area contributed by atoms with E-state index in [1.807, 2.05) is 0 Å². The predicted octanol–water partition coefficient (Wildman–Crippen LogP) is 17.2. The number of nitrogens with zero attached hydrogens (tertiary/aromatic N) is 2. The van der Waals surface area contributed by atoms with E-state index in [0.717, 1.165) is 99.9 Å². The Morgan fingerprint density at radius 1 is 0.355 bits per heavy atom. The van der Waals surface area contributed by atoms with Crippen molar-refractivity contribution in [3.05, 3.63) is 193 Å². The SMILES string of the molecule is Cc1cccc2c1oc1c(N(c3ccccc3)c3cc(N(c4ccccc4)c4cccc5c4oc4c(C)cccc45)c4ccc5cc(C(C)(C)C)cc6ccc3c4c65)cccc12. The summed E-state index contributed by atoms with van der Waals surface area (Å²) < 4.78 is 13.9. The van der Waals surface area contributed by atoms with E-state index in [4.69, 9.17) is 8.83 Å². The summed E-state index contributed by atoms with van der Waals surface area (Å²) >= 11 is 0. The zero-order chi connectivity index (χ0) is 41.9. The molecule has 0 saturated carbocycles. The number of anilines is 6. The van der Waals surface area contributed by atoms with E-state index in [1.165, 1.54) is 27.1 Å². The second-order valence-corrected chi connectivity index (χ2v) is 17.8. The van der Waals surface area contributed by atoms with Crippen LogP contribution in [-0.2, 0) is 5.41 Å². The van der Waals surface area contributed by atoms with Gasteiger partial charge in [0.15, 0.2) is 11.2 Å². The first-order chi connectivity index (χ1) is 30.2. The van der Waals surface area contributed by atoms with Crippen molar-refractivity contribution >= 4 is 110 Å². The Morgan fingerprint density at radius 3 is 1.21 bits per heavy atom. The summed E-state index contributed by atoms with van der Waals surface area (Å²) in [5.74, 6) is 0. The van der Waals surface area contributed by atoms with Gasteiger partial charge in [-0.1, -0.05) is 154 Å². The molecule has 0 bridgehead atoms. The van der Waals surface area contributed by atoms with Gasteiger partial charge in [-0.3, -0.25) is 0 Å². The molecule has 2 heterocycles. The Balaban J connectivity index is 1.25. The van der Waals surface area contributed by atoms with E-state index < -0.39 is 0 Å². The lowest BCUT2D eigenvalue weighted by Gasteiger charge is -2.32. The van der Waals surface area contributed by atoms with Gasteiger partial charge in [0.05, 0.1) is 22.7 Å². The molecule has 10 aromatic carbocycles. The van der Waals surface area contributed by atoms with Gasteiger partial charge in [0.2, 0.25) is 0 Å². The molecule has 2 aromatic heterocycles. The second-order valence-electron chi connectivity index (χ2n) is 17.8. The number of aryl methyl sites for hydroxylation is 2. The molecule has 0 aliphatic rings. The highest BCUT2D eigenvalue weighted by Gasteiger charge is 2.28. The maximum atomic E-state index is 6.95. The van der Waals surface area contributed by atoms with Crippen molar-refractivity contribution in [3.63, 3.8) is 0 Å². The lowest BCUT2D eigenvalue weighted by molar-refractivity contribution is 0.591. The number of benzene rings is 10. The number of furan rings is 2. The zero-order valence-corrected chi connectivity index (χ0v) is 35.5. The summed E-state index contributed by atoms with van der Waals surface area (Å²) in [5.41, 5.74) is 13.2. The molecule has 0 amide bonds. The maximum Gasteiger partial charge on any atom is 0.159 e. The highest BCUT2D eigenvalue weighted by atomic mass is 16.3. The maximum absolute atomic E-state index is 6.95. The van der Waals surface area contributed by atoms with Crippen LogP contribution in [0.25, 0.3) is 76.2 Å². The van der Waals surface area contributed by atoms with Crippen molar-refractivity contribution in [2.24, 2.45) is 0 Å². The van der Waals surface area contributed by atoms with Gasteiger partial charge < -0.3 is 18.6 Å². The Labute approximate surface area is 360 Å². The molecule has 4 heteroatoms. The smallest absolute Gasteiger partial charge is 0.159 e. The monoisotopic (exact) mass is 800 g/mol. The van der Waals surface area contributed by atoms with Gasteiger partial charge in [-0.2, -0.15) is 0 Å². The van der Waals surface area contributed by atoms with Crippen molar-refractivity contribution < 1.29 is 8.83 Å². The fourth-order valence-electron chi connectivity index (χ4n) is 9.90. The summed E-state index contributed by atoms with van der Waals surface area (Å²) in [4.78, 5) is 4.81. The van der Waals surface area contributed by atoms with Crippen LogP contribution < -0.4 is 9.80 Å². The van der Waals surface area contributed by atoms with Crippen LogP contribution in [0.1, 0.15) is 37.5 Å². The zero-order valence-electron chi connectivity index (χ0n) is 35.5. The molecule has 4 nitrogen and oxygen atoms in total. The molecular weight excluding hydrogens is 757 g/mol. The summed E-state index contributed by atoms with van der Waals surface area (Å²) in [6, 6.07) is 63.9. The molecule has 62 heavy (non-hydrogen) atoms. The van der Waals surface area contributed by atoms with Gasteiger partial charge in [0, 0.05) is 49.1 Å². The summed E-state index contributed by atoms with van der Waals surface area (Å²) in [7, 11) is 0. The molecule has 0 aliphatic carbocycles. The van der Waals surface area contributed by atoms with Crippen LogP contribution in [0.4, 0.5) is 34.1 Å². The van der Waals surface area contributed by atoms with Crippen molar-refractivity contribution in [2.75, 3.05) is 9.80 Å². The average Bonchev–Trinajstić information content (AvgIpc) is 3.88. The Morgan fingerprint density at radius 2 is 0.774 bits per heavy atom. The highest BCUT2D eigenvalue weighted by molar-refractivity contribution is 6.29. The molecule has 0 aliphatic heterocycles. The van der Waals surface area contributed by atoms with Crippen LogP contribution in [0.2, 0.25) is 0 Å². The Hall–Kier alpha value is -7.56. The van der Waals surface area contributed by atoms with E-state index in [1.54, 1.807) is 0 Å². The molecule has 12 aromatic rings. The lowest BCUT2D eigenvalue weighted by Crippen LogP contribution is -2.15. The van der Waals surface area contributed by atoms with Crippen LogP contribution in [0.15, 0.2) is 185 Å². The van der Waals surface area contributed by atoms with E-state index >= 15 is 0 Å². The largest absolute Gasteiger partial charge is 0.454 e. The molecule has 12 rings (SSSR count). The van der Waals surface area contributed by atoms with Gasteiger partial charge in [0.1, 0.15) is 11.2 Å². The van der Waals surface area contributed by atoms with Crippen LogP contribution in [0.3, 0.4) is 0 Å². The first kappa shape index (κ1) is 36.3. The molecule has 0 atom stereocenters. The quantitative estimate of drug-likeness (QED) is 0.157. The first-order valence-corrected chi connectivity index (χ1v) is 21.5. The van der Waals surface area contributed by atoms with Gasteiger partial charge in [-0.25, -0.2) is 0 Å². The minimum atomic E-state index is -0.0117. The average molecular weight is 801 g/mol. The number of hydrogen-bond donors (Lipinski definition) is 0. The summed E-state index contributed by atoms with van der Waals surface area (Å²) in [6.45, 7) is 11.1.